The number of benzene rings is 1. The summed E-state index contributed by atoms with van der Waals surface area (Å²) in [5.41, 5.74) is 1.21. The fraction of sp³-hybridized carbons (Fsp3) is 0.412. The molecule has 2 unspecified atom stereocenters. The number of cyclic esters (lactones) is 1. The van der Waals surface area contributed by atoms with Crippen LogP contribution in [-0.4, -0.2) is 30.8 Å². The molecule has 6 heteroatoms. The first-order valence-electron chi connectivity index (χ1n) is 7.59. The predicted molar refractivity (Wildman–Crippen MR) is 80.9 cm³/mol. The fourth-order valence-electron chi connectivity index (χ4n) is 2.61. The Kier molecular flexibility index (Phi) is 4.34. The van der Waals surface area contributed by atoms with Crippen LogP contribution in [0.25, 0.3) is 11.0 Å². The van der Waals surface area contributed by atoms with Gasteiger partial charge in [0.15, 0.2) is 0 Å². The summed E-state index contributed by atoms with van der Waals surface area (Å²) in [5, 5.41) is 0.801. The minimum atomic E-state index is -0.884. The van der Waals surface area contributed by atoms with Crippen LogP contribution in [0, 0.1) is 0 Å². The number of esters is 2. The monoisotopic (exact) mass is 318 g/mol. The van der Waals surface area contributed by atoms with Crippen molar-refractivity contribution in [3.8, 4) is 0 Å². The number of fused-ring (bicyclic) bond motifs is 1. The van der Waals surface area contributed by atoms with Crippen LogP contribution in [0.3, 0.4) is 0 Å². The second kappa shape index (κ2) is 6.42. The van der Waals surface area contributed by atoms with Crippen molar-refractivity contribution in [2.75, 3.05) is 6.61 Å². The van der Waals surface area contributed by atoms with Crippen molar-refractivity contribution in [3.05, 3.63) is 35.6 Å². The van der Waals surface area contributed by atoms with Gasteiger partial charge in [0.25, 0.3) is 0 Å². The minimum Gasteiger partial charge on any atom is -0.460 e. The van der Waals surface area contributed by atoms with Crippen molar-refractivity contribution in [1.29, 1.82) is 0 Å². The van der Waals surface area contributed by atoms with Crippen molar-refractivity contribution in [2.24, 2.45) is 0 Å². The number of ether oxygens (including phenoxy) is 3. The third-order valence-electron chi connectivity index (χ3n) is 3.71. The molecule has 0 N–H and O–H groups in total. The van der Waals surface area contributed by atoms with Crippen LogP contribution in [-0.2, 0) is 25.6 Å². The summed E-state index contributed by atoms with van der Waals surface area (Å²) in [6.07, 6.45) is -0.782. The van der Waals surface area contributed by atoms with Crippen LogP contribution < -0.4 is 0 Å². The number of hydrogen-bond acceptors (Lipinski definition) is 6. The molecule has 0 amide bonds. The van der Waals surface area contributed by atoms with E-state index in [1.165, 1.54) is 0 Å². The third-order valence-corrected chi connectivity index (χ3v) is 3.71. The van der Waals surface area contributed by atoms with Gasteiger partial charge in [0.1, 0.15) is 11.7 Å². The molecule has 2 heterocycles. The highest BCUT2D eigenvalue weighted by molar-refractivity contribution is 5.97. The zero-order chi connectivity index (χ0) is 16.4. The molecular formula is C17H18O6. The van der Waals surface area contributed by atoms with Gasteiger partial charge in [-0.1, -0.05) is 18.2 Å². The first-order valence-corrected chi connectivity index (χ1v) is 7.59. The molecule has 0 saturated carbocycles. The zero-order valence-electron chi connectivity index (χ0n) is 13.0. The summed E-state index contributed by atoms with van der Waals surface area (Å²) in [6, 6.07) is 7.31. The molecule has 0 spiro atoms. The van der Waals surface area contributed by atoms with Gasteiger partial charge in [-0.25, -0.2) is 9.59 Å². The lowest BCUT2D eigenvalue weighted by Crippen LogP contribution is -2.23. The van der Waals surface area contributed by atoms with Crippen molar-refractivity contribution >= 4 is 22.9 Å². The normalized spacial score (nSPS) is 20.7. The van der Waals surface area contributed by atoms with E-state index in [-0.39, 0.29) is 18.5 Å². The van der Waals surface area contributed by atoms with E-state index in [9.17, 15) is 9.59 Å². The molecule has 1 saturated heterocycles. The highest BCUT2D eigenvalue weighted by Gasteiger charge is 2.36. The quantitative estimate of drug-likeness (QED) is 0.789. The van der Waals surface area contributed by atoms with Crippen LogP contribution in [0.2, 0.25) is 0 Å². The van der Waals surface area contributed by atoms with Crippen LogP contribution in [0.15, 0.2) is 28.7 Å². The molecule has 1 aliphatic heterocycles. The molecule has 6 nitrogen and oxygen atoms in total. The molecule has 1 aliphatic rings. The topological polar surface area (TPSA) is 75.0 Å². The SMILES string of the molecule is CCOCc1c(C(=O)OC2CC(C)OC2=O)oc2ccccc12. The van der Waals surface area contributed by atoms with Gasteiger partial charge in [0.05, 0.1) is 6.61 Å². The summed E-state index contributed by atoms with van der Waals surface area (Å²) >= 11 is 0. The van der Waals surface area contributed by atoms with Gasteiger partial charge in [0.2, 0.25) is 11.9 Å². The van der Waals surface area contributed by atoms with E-state index >= 15 is 0 Å². The van der Waals surface area contributed by atoms with Crippen LogP contribution in [0.1, 0.15) is 36.4 Å². The summed E-state index contributed by atoms with van der Waals surface area (Å²) in [4.78, 5) is 24.1. The number of carbonyl (C=O) groups is 2. The van der Waals surface area contributed by atoms with Crippen LogP contribution in [0.5, 0.6) is 0 Å². The second-order valence-corrected chi connectivity index (χ2v) is 5.42. The Labute approximate surface area is 133 Å². The van der Waals surface area contributed by atoms with Gasteiger partial charge in [-0.3, -0.25) is 0 Å². The van der Waals surface area contributed by atoms with Crippen LogP contribution in [0.4, 0.5) is 0 Å². The summed E-state index contributed by atoms with van der Waals surface area (Å²) in [5.74, 6) is -1.12. The molecule has 3 rings (SSSR count). The standard InChI is InChI=1S/C17H18O6/c1-3-20-9-12-11-6-4-5-7-13(11)22-15(12)17(19)23-14-8-10(2)21-16(14)18/h4-7,10,14H,3,8-9H2,1-2H3. The Morgan fingerprint density at radius 1 is 1.35 bits per heavy atom. The average molecular weight is 318 g/mol. The van der Waals surface area contributed by atoms with Crippen molar-refractivity contribution in [1.82, 2.24) is 0 Å². The molecule has 1 fully saturated rings. The van der Waals surface area contributed by atoms with E-state index in [0.717, 1.165) is 5.39 Å². The predicted octanol–water partition coefficient (Wildman–Crippen LogP) is 2.83. The number of carbonyl (C=O) groups excluding carboxylic acids is 2. The minimum absolute atomic E-state index is 0.0759. The van der Waals surface area contributed by atoms with Gasteiger partial charge in [0, 0.05) is 24.0 Å². The van der Waals surface area contributed by atoms with Gasteiger partial charge in [-0.2, -0.15) is 0 Å². The van der Waals surface area contributed by atoms with E-state index in [2.05, 4.69) is 0 Å². The number of furan rings is 1. The lowest BCUT2D eigenvalue weighted by molar-refractivity contribution is -0.147. The highest BCUT2D eigenvalue weighted by atomic mass is 16.6. The number of hydrogen-bond donors (Lipinski definition) is 0. The fourth-order valence-corrected chi connectivity index (χ4v) is 2.61. The maximum atomic E-state index is 12.4. The third kappa shape index (κ3) is 3.07. The smallest absolute Gasteiger partial charge is 0.375 e. The molecule has 2 atom stereocenters. The van der Waals surface area contributed by atoms with Crippen LogP contribution >= 0.6 is 0 Å². The van der Waals surface area contributed by atoms with Crippen molar-refractivity contribution in [3.63, 3.8) is 0 Å². The average Bonchev–Trinajstić information content (AvgIpc) is 3.05. The lowest BCUT2D eigenvalue weighted by Gasteiger charge is -2.08. The molecule has 1 aromatic carbocycles. The Bertz CT molecular complexity index is 732. The van der Waals surface area contributed by atoms with E-state index < -0.39 is 18.0 Å². The zero-order valence-corrected chi connectivity index (χ0v) is 13.0. The molecule has 0 bridgehead atoms. The van der Waals surface area contributed by atoms with Gasteiger partial charge in [-0.15, -0.1) is 0 Å². The molecular weight excluding hydrogens is 300 g/mol. The first kappa shape index (κ1) is 15.6. The Morgan fingerprint density at radius 2 is 2.13 bits per heavy atom. The lowest BCUT2D eigenvalue weighted by atomic mass is 10.1. The number of rotatable bonds is 5. The van der Waals surface area contributed by atoms with Gasteiger partial charge in [-0.05, 0) is 19.9 Å². The molecule has 0 aliphatic carbocycles. The van der Waals surface area contributed by atoms with Gasteiger partial charge >= 0.3 is 11.9 Å². The largest absolute Gasteiger partial charge is 0.460 e. The Balaban J connectivity index is 1.88. The summed E-state index contributed by atoms with van der Waals surface area (Å²) in [6.45, 7) is 4.38. The van der Waals surface area contributed by atoms with Crippen molar-refractivity contribution in [2.45, 2.75) is 39.1 Å². The van der Waals surface area contributed by atoms with E-state index in [0.29, 0.717) is 24.2 Å². The maximum Gasteiger partial charge on any atom is 0.375 e. The maximum absolute atomic E-state index is 12.4. The van der Waals surface area contributed by atoms with E-state index in [4.69, 9.17) is 18.6 Å². The summed E-state index contributed by atoms with van der Waals surface area (Å²) in [7, 11) is 0. The Hall–Kier alpha value is -2.34. The van der Waals surface area contributed by atoms with E-state index in [1.807, 2.05) is 25.1 Å². The second-order valence-electron chi connectivity index (χ2n) is 5.42. The first-order chi connectivity index (χ1) is 11.1. The molecule has 122 valence electrons. The van der Waals surface area contributed by atoms with E-state index in [1.54, 1.807) is 13.0 Å². The molecule has 2 aromatic rings. The Morgan fingerprint density at radius 3 is 2.83 bits per heavy atom. The molecule has 23 heavy (non-hydrogen) atoms. The molecule has 0 radical (unpaired) electrons. The number of para-hydroxylation sites is 1. The van der Waals surface area contributed by atoms with Crippen molar-refractivity contribution < 1.29 is 28.2 Å². The van der Waals surface area contributed by atoms with Gasteiger partial charge < -0.3 is 18.6 Å². The highest BCUT2D eigenvalue weighted by Crippen LogP contribution is 2.28. The molecule has 1 aromatic heterocycles. The summed E-state index contributed by atoms with van der Waals surface area (Å²) < 4.78 is 21.3.